The van der Waals surface area contributed by atoms with Crippen LogP contribution in [0.4, 0.5) is 5.13 Å². The van der Waals surface area contributed by atoms with Crippen LogP contribution in [0.25, 0.3) is 10.2 Å². The second kappa shape index (κ2) is 6.66. The molecule has 0 aliphatic carbocycles. The van der Waals surface area contributed by atoms with E-state index in [2.05, 4.69) is 28.8 Å². The highest BCUT2D eigenvalue weighted by Crippen LogP contribution is 2.29. The van der Waals surface area contributed by atoms with E-state index in [1.165, 1.54) is 16.9 Å². The van der Waals surface area contributed by atoms with Crippen molar-refractivity contribution in [1.29, 1.82) is 0 Å². The first kappa shape index (κ1) is 15.3. The lowest BCUT2D eigenvalue weighted by Crippen LogP contribution is -2.33. The molecule has 3 rings (SSSR count). The molecule has 2 N–H and O–H groups in total. The summed E-state index contributed by atoms with van der Waals surface area (Å²) in [5.74, 6) is 0.398. The number of hydrogen-bond donors (Lipinski definition) is 2. The summed E-state index contributed by atoms with van der Waals surface area (Å²) < 4.78 is 6.47. The Hall–Kier alpha value is -2.60. The largest absolute Gasteiger partial charge is 0.484 e. The van der Waals surface area contributed by atoms with Crippen LogP contribution < -0.4 is 15.6 Å². The van der Waals surface area contributed by atoms with Gasteiger partial charge in [-0.3, -0.25) is 15.6 Å². The number of amides is 1. The van der Waals surface area contributed by atoms with Gasteiger partial charge in [-0.2, -0.15) is 0 Å². The summed E-state index contributed by atoms with van der Waals surface area (Å²) in [6, 6.07) is 13.3. The monoisotopic (exact) mass is 327 g/mol. The van der Waals surface area contributed by atoms with Crippen molar-refractivity contribution in [2.24, 2.45) is 0 Å². The van der Waals surface area contributed by atoms with Crippen LogP contribution in [0.15, 0.2) is 42.5 Å². The van der Waals surface area contributed by atoms with Crippen LogP contribution in [0, 0.1) is 13.8 Å². The molecule has 1 amide bonds. The second-order valence-electron chi connectivity index (χ2n) is 5.15. The number of para-hydroxylation sites is 1. The molecule has 1 heterocycles. The minimum atomic E-state index is -0.263. The standard InChI is InChI=1S/C17H17N3O2S/c1-11-8-9-14-16(12(11)2)18-17(23-14)20-19-15(21)10-22-13-6-4-3-5-7-13/h3-9H,10H2,1-2H3,(H,18,20)(H,19,21). The SMILES string of the molecule is Cc1ccc2sc(NNC(=O)COc3ccccc3)nc2c1C. The van der Waals surface area contributed by atoms with Crippen LogP contribution >= 0.6 is 11.3 Å². The maximum atomic E-state index is 11.8. The summed E-state index contributed by atoms with van der Waals surface area (Å²) in [5.41, 5.74) is 8.77. The summed E-state index contributed by atoms with van der Waals surface area (Å²) in [5, 5.41) is 0.654. The molecule has 0 aliphatic rings. The molecule has 1 aromatic heterocycles. The molecule has 0 radical (unpaired) electrons. The topological polar surface area (TPSA) is 63.2 Å². The number of aromatic nitrogens is 1. The summed E-state index contributed by atoms with van der Waals surface area (Å²) in [6.45, 7) is 4.05. The van der Waals surface area contributed by atoms with Crippen molar-refractivity contribution in [2.75, 3.05) is 12.0 Å². The van der Waals surface area contributed by atoms with Crippen LogP contribution in [0.2, 0.25) is 0 Å². The Morgan fingerprint density at radius 3 is 2.74 bits per heavy atom. The highest BCUT2D eigenvalue weighted by atomic mass is 32.1. The molecule has 23 heavy (non-hydrogen) atoms. The molecule has 3 aromatic rings. The lowest BCUT2D eigenvalue weighted by atomic mass is 10.1. The molecule has 0 atom stereocenters. The summed E-state index contributed by atoms with van der Waals surface area (Å²) in [7, 11) is 0. The van der Waals surface area contributed by atoms with Crippen molar-refractivity contribution < 1.29 is 9.53 Å². The van der Waals surface area contributed by atoms with Gasteiger partial charge in [0.1, 0.15) is 5.75 Å². The number of fused-ring (bicyclic) bond motifs is 1. The van der Waals surface area contributed by atoms with Crippen LogP contribution in [0.3, 0.4) is 0 Å². The number of aryl methyl sites for hydroxylation is 2. The summed E-state index contributed by atoms with van der Waals surface area (Å²) >= 11 is 1.50. The van der Waals surface area contributed by atoms with Crippen molar-refractivity contribution in [3.8, 4) is 5.75 Å². The maximum Gasteiger partial charge on any atom is 0.276 e. The van der Waals surface area contributed by atoms with Crippen molar-refractivity contribution in [2.45, 2.75) is 13.8 Å². The molecule has 0 unspecified atom stereocenters. The number of hydrogen-bond acceptors (Lipinski definition) is 5. The molecule has 0 bridgehead atoms. The third-order valence-corrected chi connectivity index (χ3v) is 4.44. The average molecular weight is 327 g/mol. The van der Waals surface area contributed by atoms with E-state index in [1.807, 2.05) is 31.2 Å². The average Bonchev–Trinajstić information content (AvgIpc) is 2.99. The van der Waals surface area contributed by atoms with Gasteiger partial charge in [-0.25, -0.2) is 4.98 Å². The Bertz CT molecular complexity index is 830. The van der Waals surface area contributed by atoms with E-state index in [1.54, 1.807) is 12.1 Å². The third-order valence-electron chi connectivity index (χ3n) is 3.51. The number of carbonyl (C=O) groups is 1. The van der Waals surface area contributed by atoms with E-state index in [9.17, 15) is 4.79 Å². The van der Waals surface area contributed by atoms with Gasteiger partial charge in [0.2, 0.25) is 5.13 Å². The predicted molar refractivity (Wildman–Crippen MR) is 92.8 cm³/mol. The fraction of sp³-hybridized carbons (Fsp3) is 0.176. The molecule has 0 saturated carbocycles. The molecular weight excluding hydrogens is 310 g/mol. The highest BCUT2D eigenvalue weighted by molar-refractivity contribution is 7.22. The van der Waals surface area contributed by atoms with Gasteiger partial charge in [0.15, 0.2) is 6.61 Å². The number of nitrogens with one attached hydrogen (secondary N) is 2. The summed E-state index contributed by atoms with van der Waals surface area (Å²) in [6.07, 6.45) is 0. The number of anilines is 1. The Balaban J connectivity index is 1.58. The minimum absolute atomic E-state index is 0.0555. The van der Waals surface area contributed by atoms with Gasteiger partial charge in [-0.05, 0) is 43.2 Å². The Morgan fingerprint density at radius 1 is 1.17 bits per heavy atom. The smallest absolute Gasteiger partial charge is 0.276 e. The first-order valence-electron chi connectivity index (χ1n) is 7.23. The lowest BCUT2D eigenvalue weighted by molar-refractivity contribution is -0.122. The van der Waals surface area contributed by atoms with Crippen LogP contribution in [-0.4, -0.2) is 17.5 Å². The molecule has 6 heteroatoms. The minimum Gasteiger partial charge on any atom is -0.484 e. The van der Waals surface area contributed by atoms with Crippen molar-refractivity contribution in [1.82, 2.24) is 10.4 Å². The van der Waals surface area contributed by atoms with Crippen LogP contribution in [0.5, 0.6) is 5.75 Å². The number of ether oxygens (including phenoxy) is 1. The molecule has 0 spiro atoms. The quantitative estimate of drug-likeness (QED) is 0.705. The molecule has 0 saturated heterocycles. The van der Waals surface area contributed by atoms with Gasteiger partial charge < -0.3 is 4.74 Å². The zero-order chi connectivity index (χ0) is 16.2. The normalized spacial score (nSPS) is 10.5. The van der Waals surface area contributed by atoms with Crippen molar-refractivity contribution in [3.05, 3.63) is 53.6 Å². The van der Waals surface area contributed by atoms with E-state index in [0.29, 0.717) is 10.9 Å². The number of carbonyl (C=O) groups excluding carboxylic acids is 1. The van der Waals surface area contributed by atoms with Crippen LogP contribution in [0.1, 0.15) is 11.1 Å². The lowest BCUT2D eigenvalue weighted by Gasteiger charge is -2.07. The van der Waals surface area contributed by atoms with E-state index < -0.39 is 0 Å². The molecule has 118 valence electrons. The van der Waals surface area contributed by atoms with Crippen molar-refractivity contribution >= 4 is 32.6 Å². The van der Waals surface area contributed by atoms with E-state index in [0.717, 1.165) is 15.8 Å². The third kappa shape index (κ3) is 3.60. The maximum absolute atomic E-state index is 11.8. The van der Waals surface area contributed by atoms with E-state index in [4.69, 9.17) is 4.74 Å². The Morgan fingerprint density at radius 2 is 1.96 bits per heavy atom. The van der Waals surface area contributed by atoms with Gasteiger partial charge in [0, 0.05) is 0 Å². The Labute approximate surface area is 138 Å². The number of benzene rings is 2. The molecule has 0 fully saturated rings. The second-order valence-corrected chi connectivity index (χ2v) is 6.18. The van der Waals surface area contributed by atoms with Gasteiger partial charge in [-0.1, -0.05) is 35.6 Å². The van der Waals surface area contributed by atoms with Gasteiger partial charge in [0.25, 0.3) is 5.91 Å². The zero-order valence-electron chi connectivity index (χ0n) is 12.9. The first-order chi connectivity index (χ1) is 11.1. The number of hydrazine groups is 1. The number of nitrogens with zero attached hydrogens (tertiary/aromatic N) is 1. The number of thiazole rings is 1. The molecule has 0 aliphatic heterocycles. The van der Waals surface area contributed by atoms with E-state index in [-0.39, 0.29) is 12.5 Å². The zero-order valence-corrected chi connectivity index (χ0v) is 13.7. The fourth-order valence-electron chi connectivity index (χ4n) is 2.10. The number of rotatable bonds is 5. The first-order valence-corrected chi connectivity index (χ1v) is 8.04. The fourth-order valence-corrected chi connectivity index (χ4v) is 2.98. The summed E-state index contributed by atoms with van der Waals surface area (Å²) in [4.78, 5) is 16.3. The molecular formula is C17H17N3O2S. The van der Waals surface area contributed by atoms with Gasteiger partial charge in [-0.15, -0.1) is 0 Å². The molecule has 2 aromatic carbocycles. The van der Waals surface area contributed by atoms with Crippen molar-refractivity contribution in [3.63, 3.8) is 0 Å². The molecule has 5 nitrogen and oxygen atoms in total. The highest BCUT2D eigenvalue weighted by Gasteiger charge is 2.09. The van der Waals surface area contributed by atoms with E-state index >= 15 is 0 Å². The van der Waals surface area contributed by atoms with Crippen LogP contribution in [-0.2, 0) is 4.79 Å². The predicted octanol–water partition coefficient (Wildman–Crippen LogP) is 3.44. The Kier molecular flexibility index (Phi) is 4.43. The van der Waals surface area contributed by atoms with Gasteiger partial charge >= 0.3 is 0 Å². The van der Waals surface area contributed by atoms with Gasteiger partial charge in [0.05, 0.1) is 10.2 Å².